The summed E-state index contributed by atoms with van der Waals surface area (Å²) in [5.41, 5.74) is 7.81. The van der Waals surface area contributed by atoms with Crippen molar-refractivity contribution in [2.75, 3.05) is 5.32 Å². The Balaban J connectivity index is 2.20. The van der Waals surface area contributed by atoms with Gasteiger partial charge < -0.3 is 11.1 Å². The Labute approximate surface area is 129 Å². The van der Waals surface area contributed by atoms with E-state index in [1.54, 1.807) is 0 Å². The lowest BCUT2D eigenvalue weighted by atomic mass is 9.93. The fourth-order valence-corrected chi connectivity index (χ4v) is 4.05. The van der Waals surface area contributed by atoms with Gasteiger partial charge in [0.15, 0.2) is 0 Å². The van der Waals surface area contributed by atoms with E-state index < -0.39 is 0 Å². The van der Waals surface area contributed by atoms with Crippen molar-refractivity contribution in [2.24, 2.45) is 17.6 Å². The Morgan fingerprint density at radius 2 is 2.21 bits per heavy atom. The molecule has 0 amide bonds. The first-order valence-electron chi connectivity index (χ1n) is 6.89. The molecule has 1 aliphatic rings. The average molecular weight is 341 g/mol. The van der Waals surface area contributed by atoms with Gasteiger partial charge in [-0.25, -0.2) is 0 Å². The number of nitrogens with two attached hydrogens (primary N) is 1. The molecule has 0 aromatic heterocycles. The molecule has 1 saturated carbocycles. The highest BCUT2D eigenvalue weighted by Gasteiger charge is 2.31. The Hall–Kier alpha value is -0.610. The molecular formula is C15H21BrN2S. The number of anilines is 1. The summed E-state index contributed by atoms with van der Waals surface area (Å²) in [7, 11) is 0. The van der Waals surface area contributed by atoms with Gasteiger partial charge in [0.25, 0.3) is 0 Å². The summed E-state index contributed by atoms with van der Waals surface area (Å²) in [5, 5.41) is 3.65. The Kier molecular flexibility index (Phi) is 4.85. The fraction of sp³-hybridized carbons (Fsp3) is 0.533. The molecule has 3 N–H and O–H groups in total. The fourth-order valence-electron chi connectivity index (χ4n) is 3.12. The van der Waals surface area contributed by atoms with E-state index in [4.69, 9.17) is 18.0 Å². The number of hydrogen-bond acceptors (Lipinski definition) is 2. The van der Waals surface area contributed by atoms with Crippen LogP contribution in [-0.2, 0) is 0 Å². The molecule has 4 heteroatoms. The summed E-state index contributed by atoms with van der Waals surface area (Å²) in [5.74, 6) is 1.53. The molecule has 1 aromatic carbocycles. The molecule has 0 aliphatic heterocycles. The lowest BCUT2D eigenvalue weighted by Gasteiger charge is -2.23. The van der Waals surface area contributed by atoms with Crippen LogP contribution in [0, 0.1) is 11.8 Å². The lowest BCUT2D eigenvalue weighted by molar-refractivity contribution is 0.392. The Morgan fingerprint density at radius 1 is 1.47 bits per heavy atom. The van der Waals surface area contributed by atoms with E-state index in [2.05, 4.69) is 41.2 Å². The van der Waals surface area contributed by atoms with Gasteiger partial charge in [-0.2, -0.15) is 0 Å². The molecule has 19 heavy (non-hydrogen) atoms. The van der Waals surface area contributed by atoms with Crippen molar-refractivity contribution in [2.45, 2.75) is 39.2 Å². The molecule has 0 heterocycles. The van der Waals surface area contributed by atoms with Crippen molar-refractivity contribution in [3.05, 3.63) is 28.2 Å². The van der Waals surface area contributed by atoms with E-state index in [1.807, 2.05) is 12.1 Å². The summed E-state index contributed by atoms with van der Waals surface area (Å²) < 4.78 is 0.961. The quantitative estimate of drug-likeness (QED) is 0.801. The zero-order valence-electron chi connectivity index (χ0n) is 11.4. The zero-order chi connectivity index (χ0) is 14.0. The van der Waals surface area contributed by atoms with Crippen LogP contribution in [0.25, 0.3) is 0 Å². The zero-order valence-corrected chi connectivity index (χ0v) is 13.9. The third-order valence-corrected chi connectivity index (χ3v) is 5.22. The molecular weight excluding hydrogens is 320 g/mol. The standard InChI is InChI=1S/C15H21BrN2S/c1-3-10-7-8-12(9(10)2)18-13-6-4-5-11(16)14(13)15(17)19/h4-6,9-10,12,18H,3,7-8H2,1-2H3,(H2,17,19). The van der Waals surface area contributed by atoms with Crippen LogP contribution < -0.4 is 11.1 Å². The van der Waals surface area contributed by atoms with Gasteiger partial charge in [-0.3, -0.25) is 0 Å². The van der Waals surface area contributed by atoms with Crippen LogP contribution in [0.5, 0.6) is 0 Å². The maximum Gasteiger partial charge on any atom is 0.107 e. The summed E-state index contributed by atoms with van der Waals surface area (Å²) in [6.45, 7) is 4.63. The van der Waals surface area contributed by atoms with Crippen LogP contribution in [-0.4, -0.2) is 11.0 Å². The van der Waals surface area contributed by atoms with Gasteiger partial charge in [0, 0.05) is 21.8 Å². The normalized spacial score (nSPS) is 26.4. The number of hydrogen-bond donors (Lipinski definition) is 2. The number of nitrogens with one attached hydrogen (secondary N) is 1. The number of rotatable bonds is 4. The minimum absolute atomic E-state index is 0.438. The van der Waals surface area contributed by atoms with Gasteiger partial charge in [-0.15, -0.1) is 0 Å². The minimum Gasteiger partial charge on any atom is -0.389 e. The number of thiocarbonyl (C=S) groups is 1. The molecule has 0 spiro atoms. The van der Waals surface area contributed by atoms with Crippen molar-refractivity contribution in [1.82, 2.24) is 0 Å². The maximum atomic E-state index is 5.84. The van der Waals surface area contributed by atoms with Crippen molar-refractivity contribution in [3.63, 3.8) is 0 Å². The smallest absolute Gasteiger partial charge is 0.107 e. The van der Waals surface area contributed by atoms with E-state index in [0.29, 0.717) is 16.9 Å². The third-order valence-electron chi connectivity index (χ3n) is 4.35. The van der Waals surface area contributed by atoms with E-state index >= 15 is 0 Å². The van der Waals surface area contributed by atoms with Crippen LogP contribution in [0.2, 0.25) is 0 Å². The first-order valence-corrected chi connectivity index (χ1v) is 8.09. The highest BCUT2D eigenvalue weighted by atomic mass is 79.9. The van der Waals surface area contributed by atoms with Gasteiger partial charge in [0.05, 0.1) is 0 Å². The van der Waals surface area contributed by atoms with Crippen LogP contribution in [0.4, 0.5) is 5.69 Å². The predicted octanol–water partition coefficient (Wildman–Crippen LogP) is 4.32. The van der Waals surface area contributed by atoms with E-state index in [0.717, 1.165) is 21.6 Å². The molecule has 3 atom stereocenters. The minimum atomic E-state index is 0.438. The van der Waals surface area contributed by atoms with Crippen LogP contribution in [0.1, 0.15) is 38.7 Å². The molecule has 0 bridgehead atoms. The van der Waals surface area contributed by atoms with Crippen molar-refractivity contribution in [3.8, 4) is 0 Å². The molecule has 2 rings (SSSR count). The second-order valence-corrected chi connectivity index (χ2v) is 6.68. The summed E-state index contributed by atoms with van der Waals surface area (Å²) in [6.07, 6.45) is 3.80. The van der Waals surface area contributed by atoms with Crippen molar-refractivity contribution >= 4 is 38.8 Å². The summed E-state index contributed by atoms with van der Waals surface area (Å²) in [6, 6.07) is 6.58. The Morgan fingerprint density at radius 3 is 2.79 bits per heavy atom. The summed E-state index contributed by atoms with van der Waals surface area (Å²) >= 11 is 8.69. The SMILES string of the molecule is CCC1CCC(Nc2cccc(Br)c2C(N)=S)C1C. The van der Waals surface area contributed by atoms with Crippen LogP contribution >= 0.6 is 28.1 Å². The van der Waals surface area contributed by atoms with E-state index in [1.165, 1.54) is 19.3 Å². The van der Waals surface area contributed by atoms with Gasteiger partial charge in [0.1, 0.15) is 4.99 Å². The van der Waals surface area contributed by atoms with Gasteiger partial charge in [0.2, 0.25) is 0 Å². The molecule has 104 valence electrons. The van der Waals surface area contributed by atoms with Crippen molar-refractivity contribution in [1.29, 1.82) is 0 Å². The molecule has 1 aliphatic carbocycles. The van der Waals surface area contributed by atoms with E-state index in [-0.39, 0.29) is 0 Å². The number of halogens is 1. The molecule has 0 saturated heterocycles. The predicted molar refractivity (Wildman–Crippen MR) is 89.6 cm³/mol. The summed E-state index contributed by atoms with van der Waals surface area (Å²) in [4.78, 5) is 0.438. The highest BCUT2D eigenvalue weighted by molar-refractivity contribution is 9.10. The third kappa shape index (κ3) is 3.11. The molecule has 2 nitrogen and oxygen atoms in total. The van der Waals surface area contributed by atoms with E-state index in [9.17, 15) is 0 Å². The topological polar surface area (TPSA) is 38.0 Å². The van der Waals surface area contributed by atoms with Crippen LogP contribution in [0.15, 0.2) is 22.7 Å². The molecule has 1 aromatic rings. The molecule has 1 fully saturated rings. The molecule has 0 radical (unpaired) electrons. The second-order valence-electron chi connectivity index (χ2n) is 5.38. The first-order chi connectivity index (χ1) is 9.04. The average Bonchev–Trinajstić information content (AvgIpc) is 2.70. The maximum absolute atomic E-state index is 5.84. The number of benzene rings is 1. The lowest BCUT2D eigenvalue weighted by Crippen LogP contribution is -2.26. The molecule has 3 unspecified atom stereocenters. The second kappa shape index (κ2) is 6.23. The van der Waals surface area contributed by atoms with Gasteiger partial charge >= 0.3 is 0 Å². The largest absolute Gasteiger partial charge is 0.389 e. The first kappa shape index (κ1) is 14.8. The van der Waals surface area contributed by atoms with Gasteiger partial charge in [-0.05, 0) is 52.7 Å². The monoisotopic (exact) mass is 340 g/mol. The van der Waals surface area contributed by atoms with Crippen LogP contribution in [0.3, 0.4) is 0 Å². The van der Waals surface area contributed by atoms with Gasteiger partial charge in [-0.1, -0.05) is 38.6 Å². The van der Waals surface area contributed by atoms with Crippen molar-refractivity contribution < 1.29 is 0 Å². The Bertz CT molecular complexity index is 475. The highest BCUT2D eigenvalue weighted by Crippen LogP contribution is 2.36.